The second-order valence-electron chi connectivity index (χ2n) is 3.10. The third kappa shape index (κ3) is 3.41. The molecule has 0 aliphatic rings. The SMILES string of the molecule is CC.O=C(O)c1ccc(-c2ccccc2)nc1. The van der Waals surface area contributed by atoms with Crippen LogP contribution in [0.3, 0.4) is 0 Å². The number of benzene rings is 1. The molecule has 1 aromatic carbocycles. The number of hydrogen-bond acceptors (Lipinski definition) is 2. The van der Waals surface area contributed by atoms with Gasteiger partial charge in [0.2, 0.25) is 0 Å². The average Bonchev–Trinajstić information content (AvgIpc) is 2.42. The Hall–Kier alpha value is -2.16. The zero-order valence-corrected chi connectivity index (χ0v) is 9.92. The summed E-state index contributed by atoms with van der Waals surface area (Å²) in [5.74, 6) is -0.956. The summed E-state index contributed by atoms with van der Waals surface area (Å²) in [5.41, 5.74) is 1.96. The van der Waals surface area contributed by atoms with E-state index in [2.05, 4.69) is 4.98 Å². The van der Waals surface area contributed by atoms with E-state index in [-0.39, 0.29) is 5.56 Å². The lowest BCUT2D eigenvalue weighted by atomic mass is 10.1. The summed E-state index contributed by atoms with van der Waals surface area (Å²) in [6.07, 6.45) is 1.37. The van der Waals surface area contributed by atoms with Gasteiger partial charge in [-0.3, -0.25) is 4.98 Å². The number of aromatic nitrogens is 1. The Morgan fingerprint density at radius 2 is 1.71 bits per heavy atom. The molecule has 3 nitrogen and oxygen atoms in total. The Bertz CT molecular complexity index is 463. The maximum Gasteiger partial charge on any atom is 0.337 e. The minimum absolute atomic E-state index is 0.203. The van der Waals surface area contributed by atoms with Crippen LogP contribution >= 0.6 is 0 Å². The molecule has 1 N–H and O–H groups in total. The highest BCUT2D eigenvalue weighted by Gasteiger charge is 2.03. The molecular weight excluding hydrogens is 214 g/mol. The Morgan fingerprint density at radius 1 is 1.06 bits per heavy atom. The maximum absolute atomic E-state index is 10.6. The van der Waals surface area contributed by atoms with Gasteiger partial charge in [0.05, 0.1) is 11.3 Å². The first-order valence-corrected chi connectivity index (χ1v) is 5.52. The van der Waals surface area contributed by atoms with E-state index in [1.54, 1.807) is 12.1 Å². The highest BCUT2D eigenvalue weighted by Crippen LogP contribution is 2.15. The van der Waals surface area contributed by atoms with Crippen LogP contribution in [-0.4, -0.2) is 16.1 Å². The van der Waals surface area contributed by atoms with E-state index in [1.807, 2.05) is 44.2 Å². The van der Waals surface area contributed by atoms with Gasteiger partial charge >= 0.3 is 5.97 Å². The normalized spacial score (nSPS) is 9.06. The minimum atomic E-state index is -0.956. The molecule has 0 radical (unpaired) electrons. The van der Waals surface area contributed by atoms with Gasteiger partial charge in [-0.25, -0.2) is 4.79 Å². The van der Waals surface area contributed by atoms with Crippen molar-refractivity contribution in [2.45, 2.75) is 13.8 Å². The van der Waals surface area contributed by atoms with Gasteiger partial charge in [-0.1, -0.05) is 44.2 Å². The lowest BCUT2D eigenvalue weighted by Gasteiger charge is -2.00. The molecule has 0 amide bonds. The van der Waals surface area contributed by atoms with Gasteiger partial charge in [0.1, 0.15) is 0 Å². The van der Waals surface area contributed by atoms with Gasteiger partial charge in [0.25, 0.3) is 0 Å². The van der Waals surface area contributed by atoms with Crippen molar-refractivity contribution in [2.75, 3.05) is 0 Å². The van der Waals surface area contributed by atoms with Crippen molar-refractivity contribution in [1.82, 2.24) is 4.98 Å². The Kier molecular flexibility index (Phi) is 4.88. The topological polar surface area (TPSA) is 50.2 Å². The number of rotatable bonds is 2. The molecule has 17 heavy (non-hydrogen) atoms. The summed E-state index contributed by atoms with van der Waals surface area (Å²) in [7, 11) is 0. The summed E-state index contributed by atoms with van der Waals surface area (Å²) in [4.78, 5) is 14.7. The van der Waals surface area contributed by atoms with E-state index in [9.17, 15) is 4.79 Å². The summed E-state index contributed by atoms with van der Waals surface area (Å²) in [6.45, 7) is 4.00. The Balaban J connectivity index is 0.000000686. The van der Waals surface area contributed by atoms with Gasteiger partial charge in [-0.2, -0.15) is 0 Å². The lowest BCUT2D eigenvalue weighted by Crippen LogP contribution is -1.96. The van der Waals surface area contributed by atoms with Crippen LogP contribution in [0.4, 0.5) is 0 Å². The standard InChI is InChI=1S/C12H9NO2.C2H6/c14-12(15)10-6-7-11(13-8-10)9-4-2-1-3-5-9;1-2/h1-8H,(H,14,15);1-2H3. The molecule has 0 saturated carbocycles. The predicted molar refractivity (Wildman–Crippen MR) is 68.0 cm³/mol. The van der Waals surface area contributed by atoms with Crippen molar-refractivity contribution in [3.63, 3.8) is 0 Å². The van der Waals surface area contributed by atoms with Crippen LogP contribution in [0.15, 0.2) is 48.7 Å². The molecule has 0 saturated heterocycles. The summed E-state index contributed by atoms with van der Waals surface area (Å²) < 4.78 is 0. The van der Waals surface area contributed by atoms with Crippen LogP contribution in [0.2, 0.25) is 0 Å². The first-order valence-electron chi connectivity index (χ1n) is 5.52. The van der Waals surface area contributed by atoms with Crippen molar-refractivity contribution in [1.29, 1.82) is 0 Å². The molecule has 0 fully saturated rings. The van der Waals surface area contributed by atoms with Gasteiger partial charge < -0.3 is 5.11 Å². The zero-order valence-electron chi connectivity index (χ0n) is 9.92. The quantitative estimate of drug-likeness (QED) is 0.857. The molecule has 0 atom stereocenters. The fourth-order valence-electron chi connectivity index (χ4n) is 1.30. The summed E-state index contributed by atoms with van der Waals surface area (Å²) in [5, 5.41) is 8.71. The fraction of sp³-hybridized carbons (Fsp3) is 0.143. The van der Waals surface area contributed by atoms with Gasteiger partial charge in [0.15, 0.2) is 0 Å². The van der Waals surface area contributed by atoms with Gasteiger partial charge in [0, 0.05) is 11.8 Å². The van der Waals surface area contributed by atoms with E-state index in [4.69, 9.17) is 5.11 Å². The molecule has 0 aliphatic carbocycles. The smallest absolute Gasteiger partial charge is 0.337 e. The van der Waals surface area contributed by atoms with Crippen molar-refractivity contribution in [2.24, 2.45) is 0 Å². The van der Waals surface area contributed by atoms with Gasteiger partial charge in [-0.05, 0) is 12.1 Å². The molecule has 1 heterocycles. The molecule has 0 spiro atoms. The van der Waals surface area contributed by atoms with Gasteiger partial charge in [-0.15, -0.1) is 0 Å². The molecule has 0 aliphatic heterocycles. The number of carbonyl (C=O) groups is 1. The summed E-state index contributed by atoms with van der Waals surface area (Å²) in [6, 6.07) is 12.9. The monoisotopic (exact) mass is 229 g/mol. The van der Waals surface area contributed by atoms with E-state index >= 15 is 0 Å². The van der Waals surface area contributed by atoms with E-state index in [0.717, 1.165) is 11.3 Å². The van der Waals surface area contributed by atoms with Crippen molar-refractivity contribution < 1.29 is 9.90 Å². The average molecular weight is 229 g/mol. The first-order chi connectivity index (χ1) is 8.27. The first kappa shape index (κ1) is 12.9. The van der Waals surface area contributed by atoms with E-state index in [1.165, 1.54) is 6.20 Å². The third-order valence-electron chi connectivity index (χ3n) is 2.08. The molecule has 0 unspecified atom stereocenters. The van der Waals surface area contributed by atoms with E-state index in [0.29, 0.717) is 0 Å². The molecule has 1 aromatic heterocycles. The number of carboxylic acid groups (broad SMARTS) is 1. The van der Waals surface area contributed by atoms with Crippen molar-refractivity contribution in [3.05, 3.63) is 54.2 Å². The second-order valence-corrected chi connectivity index (χ2v) is 3.10. The lowest BCUT2D eigenvalue weighted by molar-refractivity contribution is 0.0696. The van der Waals surface area contributed by atoms with Crippen LogP contribution in [0, 0.1) is 0 Å². The number of nitrogens with zero attached hydrogens (tertiary/aromatic N) is 1. The fourth-order valence-corrected chi connectivity index (χ4v) is 1.30. The minimum Gasteiger partial charge on any atom is -0.478 e. The van der Waals surface area contributed by atoms with E-state index < -0.39 is 5.97 Å². The molecule has 88 valence electrons. The summed E-state index contributed by atoms with van der Waals surface area (Å²) >= 11 is 0. The molecule has 0 bridgehead atoms. The third-order valence-corrected chi connectivity index (χ3v) is 2.08. The number of hydrogen-bond donors (Lipinski definition) is 1. The van der Waals surface area contributed by atoms with Crippen molar-refractivity contribution >= 4 is 5.97 Å². The van der Waals surface area contributed by atoms with Crippen LogP contribution in [0.5, 0.6) is 0 Å². The van der Waals surface area contributed by atoms with Crippen LogP contribution in [0.25, 0.3) is 11.3 Å². The Morgan fingerprint density at radius 3 is 2.18 bits per heavy atom. The van der Waals surface area contributed by atoms with Crippen LogP contribution in [-0.2, 0) is 0 Å². The number of aromatic carboxylic acids is 1. The van der Waals surface area contributed by atoms with Crippen molar-refractivity contribution in [3.8, 4) is 11.3 Å². The molecular formula is C14H15NO2. The molecule has 3 heteroatoms. The zero-order chi connectivity index (χ0) is 12.7. The maximum atomic E-state index is 10.6. The Labute approximate surface area is 101 Å². The molecule has 2 rings (SSSR count). The van der Waals surface area contributed by atoms with Crippen LogP contribution in [0.1, 0.15) is 24.2 Å². The highest BCUT2D eigenvalue weighted by atomic mass is 16.4. The second kappa shape index (κ2) is 6.43. The van der Waals surface area contributed by atoms with Crippen LogP contribution < -0.4 is 0 Å². The highest BCUT2D eigenvalue weighted by molar-refractivity contribution is 5.87. The molecule has 2 aromatic rings. The largest absolute Gasteiger partial charge is 0.478 e. The number of carboxylic acids is 1. The number of pyridine rings is 1. The predicted octanol–water partition coefficient (Wildman–Crippen LogP) is 3.47.